The second kappa shape index (κ2) is 6.93. The zero-order valence-electron chi connectivity index (χ0n) is 14.3. The minimum atomic E-state index is -4.66. The van der Waals surface area contributed by atoms with E-state index in [0.717, 1.165) is 10.7 Å². The molecule has 0 unspecified atom stereocenters. The fourth-order valence-corrected chi connectivity index (χ4v) is 3.15. The van der Waals surface area contributed by atoms with Crippen molar-refractivity contribution in [1.29, 1.82) is 0 Å². The zero-order valence-corrected chi connectivity index (χ0v) is 15.1. The lowest BCUT2D eigenvalue weighted by Gasteiger charge is -2.10. The van der Waals surface area contributed by atoms with E-state index in [1.807, 2.05) is 0 Å². The fraction of sp³-hybridized carbons (Fsp3) is 0.118. The Morgan fingerprint density at radius 1 is 1.04 bits per heavy atom. The summed E-state index contributed by atoms with van der Waals surface area (Å²) in [4.78, 5) is -0.169. The van der Waals surface area contributed by atoms with Gasteiger partial charge in [0.15, 0.2) is 5.69 Å². The number of rotatable bonds is 4. The Hall–Kier alpha value is -2.89. The van der Waals surface area contributed by atoms with Crippen molar-refractivity contribution in [3.63, 3.8) is 0 Å². The van der Waals surface area contributed by atoms with Crippen molar-refractivity contribution in [3.05, 3.63) is 59.8 Å². The van der Waals surface area contributed by atoms with Crippen LogP contribution in [0.1, 0.15) is 11.3 Å². The van der Waals surface area contributed by atoms with E-state index in [2.05, 4.69) is 5.10 Å². The summed E-state index contributed by atoms with van der Waals surface area (Å²) in [6.45, 7) is 0.189. The summed E-state index contributed by atoms with van der Waals surface area (Å²) in [5.41, 5.74) is 12.1. The number of sulfonamides is 1. The summed E-state index contributed by atoms with van der Waals surface area (Å²) in [5.74, 6) is 0. The Kier molecular flexibility index (Phi) is 4.91. The van der Waals surface area contributed by atoms with Gasteiger partial charge in [-0.2, -0.15) is 18.3 Å². The summed E-state index contributed by atoms with van der Waals surface area (Å²) >= 11 is 0. The van der Waals surface area contributed by atoms with E-state index in [9.17, 15) is 21.6 Å². The lowest BCUT2D eigenvalue weighted by molar-refractivity contribution is -0.141. The molecule has 0 bridgehead atoms. The Labute approximate surface area is 158 Å². The first kappa shape index (κ1) is 19.9. The van der Waals surface area contributed by atoms with Crippen LogP contribution in [0.5, 0.6) is 0 Å². The molecule has 0 saturated carbocycles. The Bertz CT molecular complexity index is 1120. The fourth-order valence-electron chi connectivity index (χ4n) is 2.64. The molecule has 0 atom stereocenters. The van der Waals surface area contributed by atoms with Crippen molar-refractivity contribution in [2.24, 2.45) is 10.9 Å². The zero-order chi connectivity index (χ0) is 20.7. The molecule has 0 amide bonds. The van der Waals surface area contributed by atoms with Crippen LogP contribution in [0.4, 0.5) is 18.9 Å². The van der Waals surface area contributed by atoms with Gasteiger partial charge in [-0.05, 0) is 42.0 Å². The van der Waals surface area contributed by atoms with Crippen LogP contribution in [0.15, 0.2) is 53.4 Å². The maximum Gasteiger partial charge on any atom is 0.435 e. The lowest BCUT2D eigenvalue weighted by Crippen LogP contribution is -2.12. The van der Waals surface area contributed by atoms with Gasteiger partial charge in [-0.3, -0.25) is 0 Å². The number of hydrogen-bond acceptors (Lipinski definition) is 5. The van der Waals surface area contributed by atoms with Gasteiger partial charge in [0.05, 0.1) is 16.3 Å². The topological polar surface area (TPSA) is 130 Å². The molecule has 0 fully saturated rings. The molecular formula is C17H16F3N5O2S. The summed E-state index contributed by atoms with van der Waals surface area (Å²) in [6.07, 6.45) is -4.66. The van der Waals surface area contributed by atoms with Gasteiger partial charge in [0.1, 0.15) is 0 Å². The van der Waals surface area contributed by atoms with E-state index < -0.39 is 21.9 Å². The van der Waals surface area contributed by atoms with Crippen LogP contribution in [0.25, 0.3) is 16.9 Å². The summed E-state index contributed by atoms with van der Waals surface area (Å²) in [5, 5.41) is 8.69. The van der Waals surface area contributed by atoms with Gasteiger partial charge >= 0.3 is 6.18 Å². The van der Waals surface area contributed by atoms with E-state index in [1.54, 1.807) is 12.1 Å². The van der Waals surface area contributed by atoms with Crippen LogP contribution in [0, 0.1) is 0 Å². The molecular weight excluding hydrogens is 395 g/mol. The average Bonchev–Trinajstić information content (AvgIpc) is 3.07. The van der Waals surface area contributed by atoms with E-state index >= 15 is 0 Å². The molecule has 3 aromatic rings. The molecule has 0 spiro atoms. The highest BCUT2D eigenvalue weighted by Gasteiger charge is 2.35. The van der Waals surface area contributed by atoms with Gasteiger partial charge in [0.2, 0.25) is 10.0 Å². The molecule has 1 heterocycles. The molecule has 0 aliphatic carbocycles. The standard InChI is InChI=1S/C17H16F3N5O2S/c18-17(19,20)16-8-15(10-1-2-11(9-21)14(22)7-10)25(24-16)12-3-5-13(6-4-12)28(23,26)27/h1-8H,9,21-22H2,(H2,23,26,27). The van der Waals surface area contributed by atoms with Gasteiger partial charge in [0.25, 0.3) is 0 Å². The number of nitrogen functional groups attached to an aromatic ring is 1. The first-order chi connectivity index (χ1) is 13.0. The molecule has 1 aromatic heterocycles. The van der Waals surface area contributed by atoms with Gasteiger partial charge in [-0.25, -0.2) is 18.2 Å². The lowest BCUT2D eigenvalue weighted by atomic mass is 10.1. The van der Waals surface area contributed by atoms with E-state index in [-0.39, 0.29) is 22.8 Å². The molecule has 7 nitrogen and oxygen atoms in total. The second-order valence-corrected chi connectivity index (χ2v) is 7.54. The number of benzene rings is 2. The monoisotopic (exact) mass is 411 g/mol. The number of nitrogens with two attached hydrogens (primary N) is 3. The minimum Gasteiger partial charge on any atom is -0.398 e. The molecule has 6 N–H and O–H groups in total. The highest BCUT2D eigenvalue weighted by atomic mass is 32.2. The molecule has 0 saturated heterocycles. The molecule has 0 radical (unpaired) electrons. The van der Waals surface area contributed by atoms with Crippen molar-refractivity contribution in [3.8, 4) is 16.9 Å². The Morgan fingerprint density at radius 3 is 2.18 bits per heavy atom. The molecule has 28 heavy (non-hydrogen) atoms. The Morgan fingerprint density at radius 2 is 1.68 bits per heavy atom. The van der Waals surface area contributed by atoms with Crippen LogP contribution in [-0.4, -0.2) is 18.2 Å². The van der Waals surface area contributed by atoms with Gasteiger partial charge in [0, 0.05) is 17.8 Å². The summed E-state index contributed by atoms with van der Waals surface area (Å²) in [6, 6.07) is 10.6. The normalized spacial score (nSPS) is 12.3. The number of alkyl halides is 3. The quantitative estimate of drug-likeness (QED) is 0.567. The minimum absolute atomic E-state index is 0.131. The number of aromatic nitrogens is 2. The van der Waals surface area contributed by atoms with E-state index in [0.29, 0.717) is 16.8 Å². The van der Waals surface area contributed by atoms with Gasteiger partial charge < -0.3 is 11.5 Å². The SMILES string of the molecule is NCc1ccc(-c2cc(C(F)(F)F)nn2-c2ccc(S(N)(=O)=O)cc2)cc1N. The maximum absolute atomic E-state index is 13.2. The average molecular weight is 411 g/mol. The highest BCUT2D eigenvalue weighted by Crippen LogP contribution is 2.34. The van der Waals surface area contributed by atoms with Crippen molar-refractivity contribution in [2.75, 3.05) is 5.73 Å². The van der Waals surface area contributed by atoms with Gasteiger partial charge in [-0.15, -0.1) is 0 Å². The number of anilines is 1. The van der Waals surface area contributed by atoms with Crippen molar-refractivity contribution < 1.29 is 21.6 Å². The van der Waals surface area contributed by atoms with Crippen LogP contribution < -0.4 is 16.6 Å². The van der Waals surface area contributed by atoms with Crippen molar-refractivity contribution >= 4 is 15.7 Å². The summed E-state index contributed by atoms with van der Waals surface area (Å²) in [7, 11) is -3.93. The van der Waals surface area contributed by atoms with Crippen LogP contribution in [0.2, 0.25) is 0 Å². The van der Waals surface area contributed by atoms with Gasteiger partial charge in [-0.1, -0.05) is 12.1 Å². The number of nitrogens with zero attached hydrogens (tertiary/aromatic N) is 2. The Balaban J connectivity index is 2.18. The third kappa shape index (κ3) is 3.86. The molecule has 148 valence electrons. The largest absolute Gasteiger partial charge is 0.435 e. The van der Waals surface area contributed by atoms with Crippen molar-refractivity contribution in [1.82, 2.24) is 9.78 Å². The van der Waals surface area contributed by atoms with Crippen molar-refractivity contribution in [2.45, 2.75) is 17.6 Å². The first-order valence-corrected chi connectivity index (χ1v) is 9.44. The molecule has 3 rings (SSSR count). The maximum atomic E-state index is 13.2. The number of primary sulfonamides is 1. The van der Waals surface area contributed by atoms with Crippen LogP contribution in [-0.2, 0) is 22.7 Å². The smallest absolute Gasteiger partial charge is 0.398 e. The predicted molar refractivity (Wildman–Crippen MR) is 97.7 cm³/mol. The molecule has 0 aliphatic heterocycles. The van der Waals surface area contributed by atoms with Crippen LogP contribution in [0.3, 0.4) is 0 Å². The number of hydrogen-bond donors (Lipinski definition) is 3. The molecule has 2 aromatic carbocycles. The molecule has 11 heteroatoms. The predicted octanol–water partition coefficient (Wildman–Crippen LogP) is 2.25. The highest BCUT2D eigenvalue weighted by molar-refractivity contribution is 7.89. The third-order valence-corrected chi connectivity index (χ3v) is 5.00. The van der Waals surface area contributed by atoms with E-state index in [1.165, 1.54) is 30.3 Å². The molecule has 0 aliphatic rings. The third-order valence-electron chi connectivity index (χ3n) is 4.07. The number of halogens is 3. The first-order valence-electron chi connectivity index (χ1n) is 7.90. The second-order valence-electron chi connectivity index (χ2n) is 5.98. The van der Waals surface area contributed by atoms with Crippen LogP contribution >= 0.6 is 0 Å². The summed E-state index contributed by atoms with van der Waals surface area (Å²) < 4.78 is 63.5. The van der Waals surface area contributed by atoms with E-state index in [4.69, 9.17) is 16.6 Å².